The van der Waals surface area contributed by atoms with Gasteiger partial charge in [-0.25, -0.2) is 4.21 Å². The number of rotatable bonds is 4. The topological polar surface area (TPSA) is 38.3 Å². The van der Waals surface area contributed by atoms with Gasteiger partial charge in [0.2, 0.25) is 0 Å². The van der Waals surface area contributed by atoms with Crippen molar-refractivity contribution >= 4 is 39.0 Å². The van der Waals surface area contributed by atoms with E-state index in [1.165, 1.54) is 0 Å². The van der Waals surface area contributed by atoms with E-state index in [4.69, 9.17) is 16.3 Å². The minimum atomic E-state index is -1.45. The van der Waals surface area contributed by atoms with Gasteiger partial charge in [-0.3, -0.25) is 0 Å². The van der Waals surface area contributed by atoms with Crippen LogP contribution in [0.1, 0.15) is 0 Å². The van der Waals surface area contributed by atoms with E-state index in [1.54, 1.807) is 31.4 Å². The van der Waals surface area contributed by atoms with E-state index in [-0.39, 0.29) is 0 Å². The van der Waals surface area contributed by atoms with Crippen molar-refractivity contribution in [3.8, 4) is 5.75 Å². The van der Waals surface area contributed by atoms with Gasteiger partial charge in [0.15, 0.2) is 11.0 Å². The van der Waals surface area contributed by atoms with Crippen molar-refractivity contribution in [3.63, 3.8) is 0 Å². The molecule has 1 N–H and O–H groups in total. The van der Waals surface area contributed by atoms with Gasteiger partial charge in [0.25, 0.3) is 0 Å². The number of methoxy groups -OCH3 is 1. The minimum absolute atomic E-state index is 0.596. The van der Waals surface area contributed by atoms with Crippen molar-refractivity contribution in [2.45, 2.75) is 4.90 Å². The van der Waals surface area contributed by atoms with Gasteiger partial charge in [-0.15, -0.1) is 0 Å². The van der Waals surface area contributed by atoms with Gasteiger partial charge in [0, 0.05) is 16.1 Å². The van der Waals surface area contributed by atoms with Gasteiger partial charge in [-0.1, -0.05) is 41.9 Å². The first kappa shape index (κ1) is 14.9. The molecule has 0 aliphatic rings. The predicted molar refractivity (Wildman–Crippen MR) is 92.0 cm³/mol. The lowest BCUT2D eigenvalue weighted by atomic mass is 10.1. The van der Waals surface area contributed by atoms with E-state index in [1.807, 2.05) is 36.4 Å². The summed E-state index contributed by atoms with van der Waals surface area (Å²) in [7, 11) is 0.131. The lowest BCUT2D eigenvalue weighted by Gasteiger charge is -2.13. The Morgan fingerprint density at radius 3 is 2.45 bits per heavy atom. The Morgan fingerprint density at radius 1 is 1.00 bits per heavy atom. The summed E-state index contributed by atoms with van der Waals surface area (Å²) in [5, 5.41) is 2.56. The molecule has 112 valence electrons. The quantitative estimate of drug-likeness (QED) is 0.756. The molecule has 0 bridgehead atoms. The van der Waals surface area contributed by atoms with Crippen molar-refractivity contribution in [3.05, 3.63) is 65.7 Å². The second-order valence-electron chi connectivity index (χ2n) is 4.70. The molecule has 0 amide bonds. The summed E-state index contributed by atoms with van der Waals surface area (Å²) in [6.45, 7) is 0. The first-order valence-corrected chi connectivity index (χ1v) is 8.21. The molecule has 5 heteroatoms. The maximum absolute atomic E-state index is 12.8. The fourth-order valence-corrected chi connectivity index (χ4v) is 3.55. The van der Waals surface area contributed by atoms with Crippen LogP contribution in [0.15, 0.2) is 65.6 Å². The van der Waals surface area contributed by atoms with E-state index in [0.29, 0.717) is 15.7 Å². The van der Waals surface area contributed by atoms with Crippen molar-refractivity contribution in [2.75, 3.05) is 11.8 Å². The Labute approximate surface area is 136 Å². The maximum Gasteiger partial charge on any atom is 0.154 e. The molecule has 0 aromatic heterocycles. The summed E-state index contributed by atoms with van der Waals surface area (Å²) in [5.74, 6) is 0.596. The molecule has 3 nitrogen and oxygen atoms in total. The van der Waals surface area contributed by atoms with Crippen LogP contribution in [0.5, 0.6) is 5.75 Å². The second kappa shape index (κ2) is 6.38. The van der Waals surface area contributed by atoms with Gasteiger partial charge >= 0.3 is 0 Å². The first-order valence-electron chi connectivity index (χ1n) is 6.69. The van der Waals surface area contributed by atoms with E-state index >= 15 is 0 Å². The average Bonchev–Trinajstić information content (AvgIpc) is 2.55. The van der Waals surface area contributed by atoms with E-state index < -0.39 is 11.0 Å². The molecule has 0 saturated carbocycles. The Hall–Kier alpha value is -2.04. The molecule has 0 spiro atoms. The van der Waals surface area contributed by atoms with Crippen LogP contribution >= 0.6 is 11.6 Å². The molecule has 3 aromatic carbocycles. The monoisotopic (exact) mass is 331 g/mol. The summed E-state index contributed by atoms with van der Waals surface area (Å²) >= 11 is 5.87. The van der Waals surface area contributed by atoms with Crippen LogP contribution in [0.4, 0.5) is 5.69 Å². The first-order chi connectivity index (χ1) is 10.7. The van der Waals surface area contributed by atoms with Gasteiger partial charge in [-0.2, -0.15) is 0 Å². The third kappa shape index (κ3) is 2.93. The van der Waals surface area contributed by atoms with Crippen LogP contribution in [0.3, 0.4) is 0 Å². The van der Waals surface area contributed by atoms with Gasteiger partial charge < -0.3 is 9.46 Å². The molecule has 0 radical (unpaired) electrons. The fraction of sp³-hybridized carbons (Fsp3) is 0.0588. The number of anilines is 1. The van der Waals surface area contributed by atoms with Crippen LogP contribution in [-0.4, -0.2) is 11.3 Å². The molecule has 0 fully saturated rings. The standard InChI is InChI=1S/C17H14ClNO2S/c1-21-16-11-6-12-4-2-3-5-15(12)17(16)22(20)19-14-9-7-13(18)8-10-14/h2-11,19H,1H3. The van der Waals surface area contributed by atoms with E-state index in [2.05, 4.69) is 4.72 Å². The summed E-state index contributed by atoms with van der Waals surface area (Å²) in [6.07, 6.45) is 0. The number of hydrogen-bond donors (Lipinski definition) is 1. The molecule has 3 aromatic rings. The van der Waals surface area contributed by atoms with Crippen molar-refractivity contribution in [2.24, 2.45) is 0 Å². The zero-order valence-corrected chi connectivity index (χ0v) is 13.4. The summed E-state index contributed by atoms with van der Waals surface area (Å²) in [6, 6.07) is 18.7. The van der Waals surface area contributed by atoms with E-state index in [9.17, 15) is 4.21 Å². The number of nitrogens with one attached hydrogen (secondary N) is 1. The SMILES string of the molecule is COc1ccc2ccccc2c1S(=O)Nc1ccc(Cl)cc1. The van der Waals surface area contributed by atoms with Gasteiger partial charge in [-0.05, 0) is 35.7 Å². The van der Waals surface area contributed by atoms with Crippen LogP contribution in [0.2, 0.25) is 5.02 Å². The molecule has 0 aliphatic heterocycles. The highest BCUT2D eigenvalue weighted by atomic mass is 35.5. The summed E-state index contributed by atoms with van der Waals surface area (Å²) in [4.78, 5) is 0.635. The van der Waals surface area contributed by atoms with Crippen LogP contribution in [0, 0.1) is 0 Å². The highest BCUT2D eigenvalue weighted by Gasteiger charge is 2.15. The smallest absolute Gasteiger partial charge is 0.154 e. The molecule has 22 heavy (non-hydrogen) atoms. The summed E-state index contributed by atoms with van der Waals surface area (Å²) < 4.78 is 21.1. The lowest BCUT2D eigenvalue weighted by molar-refractivity contribution is 0.405. The fourth-order valence-electron chi connectivity index (χ4n) is 2.25. The van der Waals surface area contributed by atoms with Crippen molar-refractivity contribution < 1.29 is 8.95 Å². The Kier molecular flexibility index (Phi) is 4.32. The highest BCUT2D eigenvalue weighted by Crippen LogP contribution is 2.31. The van der Waals surface area contributed by atoms with Crippen LogP contribution in [-0.2, 0) is 11.0 Å². The third-order valence-electron chi connectivity index (χ3n) is 3.30. The number of ether oxygens (including phenoxy) is 1. The normalized spacial score (nSPS) is 12.1. The molecule has 0 saturated heterocycles. The zero-order chi connectivity index (χ0) is 15.5. The van der Waals surface area contributed by atoms with Crippen LogP contribution < -0.4 is 9.46 Å². The minimum Gasteiger partial charge on any atom is -0.495 e. The average molecular weight is 332 g/mol. The molecular formula is C17H14ClNO2S. The maximum atomic E-state index is 12.8. The Bertz CT molecular complexity index is 834. The second-order valence-corrected chi connectivity index (χ2v) is 6.28. The third-order valence-corrected chi connectivity index (χ3v) is 4.77. The lowest BCUT2D eigenvalue weighted by Crippen LogP contribution is -2.07. The van der Waals surface area contributed by atoms with Crippen LogP contribution in [0.25, 0.3) is 10.8 Å². The Balaban J connectivity index is 2.04. The molecular weight excluding hydrogens is 318 g/mol. The molecule has 0 heterocycles. The molecule has 1 atom stereocenters. The van der Waals surface area contributed by atoms with Gasteiger partial charge in [0.05, 0.1) is 7.11 Å². The Morgan fingerprint density at radius 2 is 1.73 bits per heavy atom. The number of benzene rings is 3. The molecule has 0 aliphatic carbocycles. The molecule has 1 unspecified atom stereocenters. The number of fused-ring (bicyclic) bond motifs is 1. The number of hydrogen-bond acceptors (Lipinski definition) is 2. The molecule has 3 rings (SSSR count). The highest BCUT2D eigenvalue weighted by molar-refractivity contribution is 7.86. The van der Waals surface area contributed by atoms with Crippen molar-refractivity contribution in [1.82, 2.24) is 0 Å². The predicted octanol–water partition coefficient (Wildman–Crippen LogP) is 4.64. The van der Waals surface area contributed by atoms with E-state index in [0.717, 1.165) is 16.5 Å². The van der Waals surface area contributed by atoms with Crippen molar-refractivity contribution in [1.29, 1.82) is 0 Å². The zero-order valence-electron chi connectivity index (χ0n) is 11.9. The van der Waals surface area contributed by atoms with Gasteiger partial charge in [0.1, 0.15) is 10.6 Å². The summed E-state index contributed by atoms with van der Waals surface area (Å²) in [5.41, 5.74) is 0.734. The number of halogens is 1. The largest absolute Gasteiger partial charge is 0.495 e.